The topological polar surface area (TPSA) is 27.7 Å². The Morgan fingerprint density at radius 2 is 1.78 bits per heavy atom. The Hall–Kier alpha value is -2.47. The molecular weight excluding hydrogens is 357 g/mol. The number of hydrogen-bond donors (Lipinski definition) is 0. The first kappa shape index (κ1) is 17.9. The lowest BCUT2D eigenvalue weighted by molar-refractivity contribution is -0.0688. The minimum absolute atomic E-state index is 0.0429. The van der Waals surface area contributed by atoms with Gasteiger partial charge < -0.3 is 14.2 Å². The van der Waals surface area contributed by atoms with Crippen LogP contribution in [0.5, 0.6) is 11.5 Å². The van der Waals surface area contributed by atoms with Crippen LogP contribution in [-0.4, -0.2) is 19.6 Å². The van der Waals surface area contributed by atoms with Crippen molar-refractivity contribution in [1.29, 1.82) is 0 Å². The molecule has 4 rings (SSSR count). The molecule has 1 unspecified atom stereocenters. The first-order chi connectivity index (χ1) is 13.0. The molecule has 2 aliphatic rings. The van der Waals surface area contributed by atoms with Crippen LogP contribution in [-0.2, 0) is 11.3 Å². The summed E-state index contributed by atoms with van der Waals surface area (Å²) in [4.78, 5) is 0. The second kappa shape index (κ2) is 7.27. The molecule has 1 aliphatic carbocycles. The molecule has 0 saturated heterocycles. The van der Waals surface area contributed by atoms with Crippen molar-refractivity contribution in [2.75, 3.05) is 13.4 Å². The third-order valence-electron chi connectivity index (χ3n) is 4.82. The lowest BCUT2D eigenvalue weighted by atomic mass is 9.95. The fourth-order valence-electron chi connectivity index (χ4n) is 3.53. The smallest absolute Gasteiger partial charge is 0.416 e. The molecule has 0 aromatic heterocycles. The van der Waals surface area contributed by atoms with E-state index in [1.807, 2.05) is 30.3 Å². The van der Waals surface area contributed by atoms with Crippen molar-refractivity contribution in [2.24, 2.45) is 0 Å². The van der Waals surface area contributed by atoms with Gasteiger partial charge in [0, 0.05) is 12.5 Å². The van der Waals surface area contributed by atoms with E-state index >= 15 is 0 Å². The van der Waals surface area contributed by atoms with E-state index < -0.39 is 11.7 Å². The van der Waals surface area contributed by atoms with Gasteiger partial charge in [-0.3, -0.25) is 0 Å². The van der Waals surface area contributed by atoms with E-state index in [1.54, 1.807) is 6.07 Å². The molecule has 0 bridgehead atoms. The first-order valence-corrected chi connectivity index (χ1v) is 8.87. The van der Waals surface area contributed by atoms with Crippen LogP contribution in [0.1, 0.15) is 35.4 Å². The Bertz CT molecular complexity index is 844. The minimum atomic E-state index is -4.39. The highest BCUT2D eigenvalue weighted by Gasteiger charge is 2.41. The number of allylic oxidation sites excluding steroid dienone is 2. The zero-order chi connectivity index (χ0) is 18.9. The average Bonchev–Trinajstić information content (AvgIpc) is 3.24. The van der Waals surface area contributed by atoms with Gasteiger partial charge in [0.15, 0.2) is 11.5 Å². The molecule has 0 N–H and O–H groups in total. The molecular formula is C21H19F3O3. The Labute approximate surface area is 155 Å². The fraction of sp³-hybridized carbons (Fsp3) is 0.333. The Kier molecular flexibility index (Phi) is 4.83. The molecule has 1 heterocycles. The normalized spacial score (nSPS) is 17.7. The average molecular weight is 376 g/mol. The van der Waals surface area contributed by atoms with Crippen LogP contribution in [0.2, 0.25) is 0 Å². The van der Waals surface area contributed by atoms with Crippen LogP contribution in [0.3, 0.4) is 0 Å². The van der Waals surface area contributed by atoms with Crippen molar-refractivity contribution < 1.29 is 27.4 Å². The van der Waals surface area contributed by atoms with E-state index in [2.05, 4.69) is 0 Å². The summed E-state index contributed by atoms with van der Waals surface area (Å²) in [6.45, 7) is 1.05. The van der Waals surface area contributed by atoms with Gasteiger partial charge in [-0.1, -0.05) is 36.4 Å². The number of ether oxygens (including phenoxy) is 3. The molecule has 0 saturated carbocycles. The van der Waals surface area contributed by atoms with Crippen molar-refractivity contribution in [3.8, 4) is 11.5 Å². The number of rotatable bonds is 6. The first-order valence-electron chi connectivity index (χ1n) is 8.87. The second-order valence-electron chi connectivity index (χ2n) is 6.66. The number of benzene rings is 2. The summed E-state index contributed by atoms with van der Waals surface area (Å²) in [6, 6.07) is 12.9. The van der Waals surface area contributed by atoms with Crippen molar-refractivity contribution >= 4 is 5.57 Å². The molecule has 6 heteroatoms. The van der Waals surface area contributed by atoms with Crippen LogP contribution < -0.4 is 9.47 Å². The number of alkyl halides is 3. The van der Waals surface area contributed by atoms with Gasteiger partial charge in [0.2, 0.25) is 6.79 Å². The lowest BCUT2D eigenvalue weighted by Crippen LogP contribution is -2.09. The monoisotopic (exact) mass is 376 g/mol. The van der Waals surface area contributed by atoms with Gasteiger partial charge in [-0.2, -0.15) is 13.2 Å². The molecule has 0 spiro atoms. The second-order valence-corrected chi connectivity index (χ2v) is 6.66. The Morgan fingerprint density at radius 1 is 1.04 bits per heavy atom. The molecule has 1 aliphatic heterocycles. The minimum Gasteiger partial charge on any atom is -0.454 e. The van der Waals surface area contributed by atoms with Crippen LogP contribution in [0.25, 0.3) is 5.57 Å². The standard InChI is InChI=1S/C21H19F3O3/c22-21(23,24)18-9-15(7-4-8-25-12-14-5-2-1-3-6-14)16-10-19-20(11-17(16)18)27-13-26-19/h1-3,5-6,9-11,15H,4,7-8,12-13H2. The predicted octanol–water partition coefficient (Wildman–Crippen LogP) is 5.46. The van der Waals surface area contributed by atoms with Crippen LogP contribution in [0, 0.1) is 0 Å². The summed E-state index contributed by atoms with van der Waals surface area (Å²) in [7, 11) is 0. The quantitative estimate of drug-likeness (QED) is 0.627. The summed E-state index contributed by atoms with van der Waals surface area (Å²) in [5.74, 6) is 0.582. The van der Waals surface area contributed by atoms with Crippen molar-refractivity contribution in [2.45, 2.75) is 31.5 Å². The van der Waals surface area contributed by atoms with Crippen molar-refractivity contribution in [1.82, 2.24) is 0 Å². The van der Waals surface area contributed by atoms with Gasteiger partial charge >= 0.3 is 6.18 Å². The zero-order valence-electron chi connectivity index (χ0n) is 14.6. The maximum absolute atomic E-state index is 13.4. The van der Waals surface area contributed by atoms with E-state index in [0.717, 1.165) is 5.56 Å². The van der Waals surface area contributed by atoms with Gasteiger partial charge in [0.1, 0.15) is 0 Å². The summed E-state index contributed by atoms with van der Waals surface area (Å²) >= 11 is 0. The molecule has 27 heavy (non-hydrogen) atoms. The Morgan fingerprint density at radius 3 is 2.52 bits per heavy atom. The summed E-state index contributed by atoms with van der Waals surface area (Å²) in [5.41, 5.74) is 1.33. The SMILES string of the molecule is FC(F)(F)C1=CC(CCCOCc2ccccc2)c2cc3c(cc21)OCO3. The molecule has 0 amide bonds. The molecule has 1 atom stereocenters. The van der Waals surface area contributed by atoms with Gasteiger partial charge in [-0.25, -0.2) is 0 Å². The number of halogens is 3. The highest BCUT2D eigenvalue weighted by molar-refractivity contribution is 5.80. The van der Waals surface area contributed by atoms with Crippen molar-refractivity contribution in [3.05, 3.63) is 65.2 Å². The largest absolute Gasteiger partial charge is 0.454 e. The molecule has 142 valence electrons. The van der Waals surface area contributed by atoms with E-state index in [-0.39, 0.29) is 18.3 Å². The molecule has 3 nitrogen and oxygen atoms in total. The molecule has 2 aromatic carbocycles. The summed E-state index contributed by atoms with van der Waals surface area (Å²) < 4.78 is 56.5. The third kappa shape index (κ3) is 3.81. The van der Waals surface area contributed by atoms with E-state index in [4.69, 9.17) is 14.2 Å². The van der Waals surface area contributed by atoms with E-state index in [9.17, 15) is 13.2 Å². The zero-order valence-corrected chi connectivity index (χ0v) is 14.6. The maximum Gasteiger partial charge on any atom is 0.416 e. The highest BCUT2D eigenvalue weighted by atomic mass is 19.4. The maximum atomic E-state index is 13.4. The molecule has 2 aromatic rings. The third-order valence-corrected chi connectivity index (χ3v) is 4.82. The fourth-order valence-corrected chi connectivity index (χ4v) is 3.53. The number of hydrogen-bond acceptors (Lipinski definition) is 3. The Balaban J connectivity index is 1.41. The summed E-state index contributed by atoms with van der Waals surface area (Å²) in [6.07, 6.45) is -1.81. The highest BCUT2D eigenvalue weighted by Crippen LogP contribution is 2.50. The van der Waals surface area contributed by atoms with Crippen LogP contribution >= 0.6 is 0 Å². The molecule has 0 fully saturated rings. The van der Waals surface area contributed by atoms with Gasteiger partial charge in [0.25, 0.3) is 0 Å². The van der Waals surface area contributed by atoms with Gasteiger partial charge in [0.05, 0.1) is 12.2 Å². The van der Waals surface area contributed by atoms with Gasteiger partial charge in [-0.15, -0.1) is 0 Å². The van der Waals surface area contributed by atoms with E-state index in [0.29, 0.717) is 43.1 Å². The summed E-state index contributed by atoms with van der Waals surface area (Å²) in [5, 5.41) is 0. The van der Waals surface area contributed by atoms with Gasteiger partial charge in [-0.05, 0) is 41.7 Å². The predicted molar refractivity (Wildman–Crippen MR) is 94.7 cm³/mol. The van der Waals surface area contributed by atoms with Crippen molar-refractivity contribution in [3.63, 3.8) is 0 Å². The van der Waals surface area contributed by atoms with Crippen LogP contribution in [0.15, 0.2) is 48.5 Å². The lowest BCUT2D eigenvalue weighted by Gasteiger charge is -2.13. The van der Waals surface area contributed by atoms with E-state index in [1.165, 1.54) is 12.1 Å². The molecule has 0 radical (unpaired) electrons. The van der Waals surface area contributed by atoms with Crippen LogP contribution in [0.4, 0.5) is 13.2 Å². The number of fused-ring (bicyclic) bond motifs is 2.